The van der Waals surface area contributed by atoms with Crippen molar-refractivity contribution in [3.63, 3.8) is 0 Å². The van der Waals surface area contributed by atoms with Gasteiger partial charge in [-0.2, -0.15) is 5.26 Å². The molecule has 0 aliphatic heterocycles. The summed E-state index contributed by atoms with van der Waals surface area (Å²) in [5, 5.41) is 20.9. The summed E-state index contributed by atoms with van der Waals surface area (Å²) in [6.45, 7) is 0. The van der Waals surface area contributed by atoms with Gasteiger partial charge in [0.2, 0.25) is 0 Å². The molecule has 4 atom stereocenters. The summed E-state index contributed by atoms with van der Waals surface area (Å²) in [6, 6.07) is 8.64. The minimum atomic E-state index is -1.92. The minimum Gasteiger partial charge on any atom is -0.511 e. The van der Waals surface area contributed by atoms with Crippen molar-refractivity contribution in [3.8, 4) is 6.07 Å². The van der Waals surface area contributed by atoms with Crippen LogP contribution in [0, 0.1) is 22.7 Å². The number of carbonyl (C=O) groups excluding carboxylic acids is 3. The van der Waals surface area contributed by atoms with E-state index in [9.17, 15) is 24.8 Å². The van der Waals surface area contributed by atoms with Gasteiger partial charge in [0, 0.05) is 11.8 Å². The van der Waals surface area contributed by atoms with E-state index in [1.54, 1.807) is 24.3 Å². The molecular formula is C19H17NO7. The van der Waals surface area contributed by atoms with Crippen molar-refractivity contribution in [1.82, 2.24) is 0 Å². The maximum Gasteiger partial charge on any atom is 0.337 e. The molecule has 0 spiro atoms. The van der Waals surface area contributed by atoms with Crippen molar-refractivity contribution < 1.29 is 33.7 Å². The number of benzene rings is 1. The molecular weight excluding hydrogens is 354 g/mol. The lowest BCUT2D eigenvalue weighted by molar-refractivity contribution is -0.156. The Kier molecular flexibility index (Phi) is 4.39. The Bertz CT molecular complexity index is 913. The molecule has 3 rings (SSSR count). The van der Waals surface area contributed by atoms with Crippen LogP contribution in [0.2, 0.25) is 0 Å². The van der Waals surface area contributed by atoms with Crippen LogP contribution in [0.3, 0.4) is 0 Å². The molecule has 1 aromatic carbocycles. The number of rotatable bonds is 3. The number of ether oxygens (including phenoxy) is 3. The topological polar surface area (TPSA) is 123 Å². The number of aliphatic hydroxyl groups is 1. The Hall–Kier alpha value is -3.34. The molecule has 0 saturated carbocycles. The van der Waals surface area contributed by atoms with Crippen molar-refractivity contribution in [2.24, 2.45) is 11.3 Å². The molecule has 0 unspecified atom stereocenters. The van der Waals surface area contributed by atoms with Gasteiger partial charge in [0.15, 0.2) is 5.41 Å². The number of fused-ring (bicyclic) bond motifs is 5. The number of methoxy groups -OCH3 is 3. The van der Waals surface area contributed by atoms with Gasteiger partial charge in [0.1, 0.15) is 11.7 Å². The van der Waals surface area contributed by atoms with E-state index in [0.29, 0.717) is 11.1 Å². The normalized spacial score (nSPS) is 28.0. The van der Waals surface area contributed by atoms with Crippen LogP contribution in [0.15, 0.2) is 35.6 Å². The molecule has 2 aliphatic carbocycles. The maximum absolute atomic E-state index is 12.8. The third-order valence-electron chi connectivity index (χ3n) is 5.35. The van der Waals surface area contributed by atoms with Crippen LogP contribution in [0.5, 0.6) is 0 Å². The predicted molar refractivity (Wildman–Crippen MR) is 89.2 cm³/mol. The zero-order valence-corrected chi connectivity index (χ0v) is 14.9. The third kappa shape index (κ3) is 2.18. The van der Waals surface area contributed by atoms with Gasteiger partial charge in [0.05, 0.1) is 33.0 Å². The monoisotopic (exact) mass is 371 g/mol. The number of nitrogens with zero attached hydrogens (tertiary/aromatic N) is 1. The molecule has 0 saturated heterocycles. The van der Waals surface area contributed by atoms with Gasteiger partial charge >= 0.3 is 17.9 Å². The molecule has 0 fully saturated rings. The van der Waals surface area contributed by atoms with Crippen LogP contribution < -0.4 is 0 Å². The lowest BCUT2D eigenvalue weighted by Gasteiger charge is -2.39. The highest BCUT2D eigenvalue weighted by Crippen LogP contribution is 2.65. The Labute approximate surface area is 154 Å². The van der Waals surface area contributed by atoms with E-state index in [1.165, 1.54) is 0 Å². The lowest BCUT2D eigenvalue weighted by atomic mass is 9.60. The summed E-state index contributed by atoms with van der Waals surface area (Å²) in [5.74, 6) is -6.92. The molecule has 140 valence electrons. The van der Waals surface area contributed by atoms with Crippen LogP contribution in [-0.4, -0.2) is 44.3 Å². The smallest absolute Gasteiger partial charge is 0.337 e. The molecule has 27 heavy (non-hydrogen) atoms. The Morgan fingerprint density at radius 1 is 1.07 bits per heavy atom. The minimum absolute atomic E-state index is 0.318. The van der Waals surface area contributed by atoms with Crippen molar-refractivity contribution >= 4 is 17.9 Å². The van der Waals surface area contributed by atoms with Crippen LogP contribution in [0.4, 0.5) is 0 Å². The molecule has 2 aliphatic rings. The van der Waals surface area contributed by atoms with E-state index in [2.05, 4.69) is 0 Å². The van der Waals surface area contributed by atoms with Crippen molar-refractivity contribution in [3.05, 3.63) is 46.7 Å². The summed E-state index contributed by atoms with van der Waals surface area (Å²) in [6.07, 6.45) is 0. The standard InChI is InChI=1S/C19H17NO7/c1-25-16(22)11-13-9-6-4-5-7-10(9)14(12(15(11)21)17(23)26-2)19(13,8-20)18(24)27-3/h4-7,11,13-14,21H,1-3H3/t11-,13+,14-,19+/m1/s1. The van der Waals surface area contributed by atoms with E-state index in [0.717, 1.165) is 21.3 Å². The summed E-state index contributed by atoms with van der Waals surface area (Å²) in [4.78, 5) is 37.8. The van der Waals surface area contributed by atoms with E-state index in [-0.39, 0.29) is 5.57 Å². The van der Waals surface area contributed by atoms with Crippen LogP contribution >= 0.6 is 0 Å². The molecule has 0 heterocycles. The van der Waals surface area contributed by atoms with Crippen molar-refractivity contribution in [2.75, 3.05) is 21.3 Å². The first-order chi connectivity index (χ1) is 12.9. The molecule has 8 nitrogen and oxygen atoms in total. The quantitative estimate of drug-likeness (QED) is 0.624. The second kappa shape index (κ2) is 6.43. The molecule has 1 aromatic rings. The second-order valence-electron chi connectivity index (χ2n) is 6.30. The number of esters is 3. The van der Waals surface area contributed by atoms with Gasteiger partial charge in [0.25, 0.3) is 0 Å². The zero-order valence-electron chi connectivity index (χ0n) is 14.9. The molecule has 0 radical (unpaired) electrons. The average Bonchev–Trinajstić information content (AvgIpc) is 2.92. The highest BCUT2D eigenvalue weighted by atomic mass is 16.5. The van der Waals surface area contributed by atoms with Gasteiger partial charge in [-0.3, -0.25) is 9.59 Å². The number of hydrogen-bond donors (Lipinski definition) is 1. The number of hydrogen-bond acceptors (Lipinski definition) is 8. The van der Waals surface area contributed by atoms with E-state index < -0.39 is 46.8 Å². The first-order valence-corrected chi connectivity index (χ1v) is 8.08. The van der Waals surface area contributed by atoms with Gasteiger partial charge in [-0.1, -0.05) is 24.3 Å². The van der Waals surface area contributed by atoms with E-state index in [4.69, 9.17) is 14.2 Å². The van der Waals surface area contributed by atoms with Crippen LogP contribution in [0.1, 0.15) is 23.0 Å². The van der Waals surface area contributed by atoms with Crippen molar-refractivity contribution in [2.45, 2.75) is 11.8 Å². The van der Waals surface area contributed by atoms with Gasteiger partial charge < -0.3 is 19.3 Å². The number of aliphatic hydroxyl groups excluding tert-OH is 1. The Morgan fingerprint density at radius 3 is 2.22 bits per heavy atom. The highest BCUT2D eigenvalue weighted by Gasteiger charge is 2.69. The third-order valence-corrected chi connectivity index (χ3v) is 5.35. The van der Waals surface area contributed by atoms with E-state index in [1.807, 2.05) is 6.07 Å². The molecule has 2 bridgehead atoms. The zero-order chi connectivity index (χ0) is 19.9. The summed E-state index contributed by atoms with van der Waals surface area (Å²) < 4.78 is 14.4. The Morgan fingerprint density at radius 2 is 1.70 bits per heavy atom. The molecule has 0 amide bonds. The van der Waals surface area contributed by atoms with Crippen LogP contribution in [0.25, 0.3) is 0 Å². The SMILES string of the molecule is COC(=O)C1=C(O)[C@H](C(=O)OC)[C@@H]2c3ccccc3[C@H]1[C@@]2(C#N)C(=O)OC. The second-order valence-corrected chi connectivity index (χ2v) is 6.30. The highest BCUT2D eigenvalue weighted by molar-refractivity contribution is 5.99. The molecule has 0 aromatic heterocycles. The maximum atomic E-state index is 12.8. The first-order valence-electron chi connectivity index (χ1n) is 8.08. The summed E-state index contributed by atoms with van der Waals surface area (Å²) >= 11 is 0. The predicted octanol–water partition coefficient (Wildman–Crippen LogP) is 1.34. The Balaban J connectivity index is 2.46. The summed E-state index contributed by atoms with van der Waals surface area (Å²) in [7, 11) is 3.34. The van der Waals surface area contributed by atoms with Crippen LogP contribution in [-0.2, 0) is 28.6 Å². The summed E-state index contributed by atoms with van der Waals surface area (Å²) in [5.41, 5.74) is -1.27. The fourth-order valence-electron chi connectivity index (χ4n) is 4.33. The first kappa shape index (κ1) is 18.5. The van der Waals surface area contributed by atoms with E-state index >= 15 is 0 Å². The van der Waals surface area contributed by atoms with Crippen molar-refractivity contribution in [1.29, 1.82) is 5.26 Å². The number of nitriles is 1. The largest absolute Gasteiger partial charge is 0.511 e. The van der Waals surface area contributed by atoms with Gasteiger partial charge in [-0.25, -0.2) is 4.79 Å². The fourth-order valence-corrected chi connectivity index (χ4v) is 4.33. The molecule has 8 heteroatoms. The molecule has 1 N–H and O–H groups in total. The number of carbonyl (C=O) groups is 3. The average molecular weight is 371 g/mol. The van der Waals surface area contributed by atoms with Gasteiger partial charge in [-0.05, 0) is 11.1 Å². The van der Waals surface area contributed by atoms with Gasteiger partial charge in [-0.15, -0.1) is 0 Å². The fraction of sp³-hybridized carbons (Fsp3) is 0.368. The lowest BCUT2D eigenvalue weighted by Crippen LogP contribution is -2.48.